The van der Waals surface area contributed by atoms with Crippen LogP contribution in [-0.2, 0) is 38.5 Å². The van der Waals surface area contributed by atoms with Crippen molar-refractivity contribution in [1.29, 1.82) is 0 Å². The van der Waals surface area contributed by atoms with E-state index in [0.29, 0.717) is 67.2 Å². The Morgan fingerprint density at radius 2 is 1.65 bits per heavy atom. The molecule has 0 aliphatic carbocycles. The van der Waals surface area contributed by atoms with Gasteiger partial charge in [-0.1, -0.05) is 31.5 Å². The fourth-order valence-corrected chi connectivity index (χ4v) is 7.61. The summed E-state index contributed by atoms with van der Waals surface area (Å²) >= 11 is 0. The maximum Gasteiger partial charge on any atom is 0.508 e. The van der Waals surface area contributed by atoms with E-state index in [-0.39, 0.29) is 42.2 Å². The number of unbranched alkanes of at least 4 members (excludes halogenated alkanes) is 1. The Labute approximate surface area is 394 Å². The van der Waals surface area contributed by atoms with Gasteiger partial charge in [-0.05, 0) is 104 Å². The van der Waals surface area contributed by atoms with Crippen molar-refractivity contribution in [1.82, 2.24) is 45.1 Å². The van der Waals surface area contributed by atoms with Crippen LogP contribution in [0.5, 0.6) is 0 Å². The predicted molar refractivity (Wildman–Crippen MR) is 260 cm³/mol. The molecule has 6 aromatic rings. The molecule has 0 fully saturated rings. The number of aliphatic carboxylic acids is 1. The molecule has 20 heteroatoms. The van der Waals surface area contributed by atoms with Gasteiger partial charge in [0.05, 0.1) is 48.2 Å². The third-order valence-corrected chi connectivity index (χ3v) is 11.5. The van der Waals surface area contributed by atoms with Gasteiger partial charge in [0.25, 0.3) is 11.5 Å². The van der Waals surface area contributed by atoms with Crippen LogP contribution >= 0.6 is 0 Å². The zero-order chi connectivity index (χ0) is 49.2. The molecule has 2 aromatic carbocycles. The van der Waals surface area contributed by atoms with Crippen molar-refractivity contribution in [2.45, 2.75) is 129 Å². The van der Waals surface area contributed by atoms with E-state index in [9.17, 15) is 24.3 Å². The Kier molecular flexibility index (Phi) is 16.2. The monoisotopic (exact) mass is 936 g/mol. The van der Waals surface area contributed by atoms with Crippen molar-refractivity contribution < 1.29 is 33.7 Å². The lowest BCUT2D eigenvalue weighted by molar-refractivity contribution is -0.139. The molecular weight excluding hydrogens is 873 g/mol. The van der Waals surface area contributed by atoms with Crippen LogP contribution in [0.15, 0.2) is 59.5 Å². The number of imidazole rings is 1. The number of carbonyl (C=O) groups excluding carboxylic acids is 2. The van der Waals surface area contributed by atoms with E-state index in [4.69, 9.17) is 30.7 Å². The minimum absolute atomic E-state index is 0.0468. The van der Waals surface area contributed by atoms with Gasteiger partial charge in [-0.3, -0.25) is 14.6 Å². The number of H-pyrrole nitrogens is 1. The second kappa shape index (κ2) is 21.8. The summed E-state index contributed by atoms with van der Waals surface area (Å²) in [5.41, 5.74) is 13.5. The summed E-state index contributed by atoms with van der Waals surface area (Å²) in [6, 6.07) is 13.2. The molecule has 1 amide bonds. The molecule has 68 heavy (non-hydrogen) atoms. The molecule has 4 aromatic heterocycles. The number of nitrogens with zero attached hydrogens (tertiary/aromatic N) is 6. The highest BCUT2D eigenvalue weighted by molar-refractivity contribution is 6.06. The largest absolute Gasteiger partial charge is 0.508 e. The maximum atomic E-state index is 13.0. The molecule has 4 heterocycles. The molecular formula is C48H64N12O8. The number of carboxylic acids is 1. The van der Waals surface area contributed by atoms with E-state index in [1.807, 2.05) is 65.8 Å². The first-order valence-electron chi connectivity index (χ1n) is 22.9. The van der Waals surface area contributed by atoms with Crippen LogP contribution in [-0.4, -0.2) is 100 Å². The van der Waals surface area contributed by atoms with Crippen LogP contribution in [0, 0.1) is 0 Å². The van der Waals surface area contributed by atoms with E-state index in [0.717, 1.165) is 41.5 Å². The highest BCUT2D eigenvalue weighted by Crippen LogP contribution is 2.31. The second-order valence-corrected chi connectivity index (χ2v) is 18.7. The second-order valence-electron chi connectivity index (χ2n) is 18.7. The van der Waals surface area contributed by atoms with Crippen molar-refractivity contribution in [3.05, 3.63) is 82.2 Å². The fourth-order valence-electron chi connectivity index (χ4n) is 7.61. The Morgan fingerprint density at radius 3 is 2.38 bits per heavy atom. The number of carbonyl (C=O) groups is 3. The highest BCUT2D eigenvalue weighted by atomic mass is 16.7. The SMILES string of the molecule is CCCCc1nc2c(N)nc3ccccc3c2n1CC(C)(C)OC(=O)OCCC(C)(C)OCCC(C)(C)NCCCC(NC(=O)c1ccc(NCc2cnc3nc(N)[nH]c(=O)c3n2)cc1)C(=O)O. The summed E-state index contributed by atoms with van der Waals surface area (Å²) in [7, 11) is 0. The average molecular weight is 937 g/mol. The number of hydrogen-bond donors (Lipinski definition) is 7. The number of benzene rings is 2. The minimum Gasteiger partial charge on any atom is -0.480 e. The molecule has 0 aliphatic heterocycles. The number of ether oxygens (including phenoxy) is 3. The van der Waals surface area contributed by atoms with Gasteiger partial charge in [-0.25, -0.2) is 29.5 Å². The number of aromatic amines is 1. The zero-order valence-corrected chi connectivity index (χ0v) is 39.9. The number of aromatic nitrogens is 7. The number of para-hydroxylation sites is 1. The molecule has 0 bridgehead atoms. The predicted octanol–water partition coefficient (Wildman–Crippen LogP) is 6.27. The quantitative estimate of drug-likeness (QED) is 0.0260. The van der Waals surface area contributed by atoms with Crippen LogP contribution in [0.4, 0.5) is 22.2 Å². The third-order valence-electron chi connectivity index (χ3n) is 11.5. The molecule has 0 saturated carbocycles. The number of hydrogen-bond acceptors (Lipinski definition) is 16. The molecule has 0 saturated heterocycles. The highest BCUT2D eigenvalue weighted by Gasteiger charge is 2.30. The van der Waals surface area contributed by atoms with Crippen LogP contribution < -0.4 is 33.0 Å². The standard InChI is InChI=1S/C48H64N12O8/c1-8-9-16-35-57-36-38(32-13-10-11-14-33(32)55-39(36)49)60(35)28-48(6,7)68-45(65)66-24-22-47(4,5)67-25-21-46(2,3)53-23-12-15-34(43(63)64)56-41(61)29-17-19-30(20-18-29)51-26-31-27-52-40-37(54-31)42(62)59-44(50)58-40/h10-11,13-14,17-20,27,34,51,53H,8-9,12,15-16,21-26,28H2,1-7H3,(H2,49,55)(H,56,61)(H,63,64)(H3,50,52,58,59,62). The average Bonchev–Trinajstić information content (AvgIpc) is 3.63. The number of carboxylic acid groups (broad SMARTS) is 1. The topological polar surface area (TPSA) is 290 Å². The lowest BCUT2D eigenvalue weighted by Crippen LogP contribution is -2.43. The molecule has 0 aliphatic rings. The first kappa shape index (κ1) is 50.5. The van der Waals surface area contributed by atoms with Crippen molar-refractivity contribution in [3.63, 3.8) is 0 Å². The fraction of sp³-hybridized carbons (Fsp3) is 0.479. The lowest BCUT2D eigenvalue weighted by Gasteiger charge is -2.30. The third kappa shape index (κ3) is 13.6. The van der Waals surface area contributed by atoms with E-state index >= 15 is 0 Å². The Bertz CT molecular complexity index is 2790. The summed E-state index contributed by atoms with van der Waals surface area (Å²) in [6.45, 7) is 15.4. The van der Waals surface area contributed by atoms with Crippen molar-refractivity contribution in [3.8, 4) is 0 Å². The Balaban J connectivity index is 0.891. The van der Waals surface area contributed by atoms with Crippen molar-refractivity contribution >= 4 is 68.6 Å². The summed E-state index contributed by atoms with van der Waals surface area (Å²) in [5.74, 6) is -0.466. The van der Waals surface area contributed by atoms with Gasteiger partial charge in [0.15, 0.2) is 17.0 Å². The molecule has 0 radical (unpaired) electrons. The number of nitrogens with one attached hydrogen (secondary N) is 4. The molecule has 9 N–H and O–H groups in total. The van der Waals surface area contributed by atoms with Crippen LogP contribution in [0.2, 0.25) is 0 Å². The van der Waals surface area contributed by atoms with Gasteiger partial charge in [-0.15, -0.1) is 0 Å². The number of fused-ring (bicyclic) bond motifs is 4. The molecule has 1 unspecified atom stereocenters. The Morgan fingerprint density at radius 1 is 0.897 bits per heavy atom. The smallest absolute Gasteiger partial charge is 0.480 e. The van der Waals surface area contributed by atoms with Gasteiger partial charge < -0.3 is 51.3 Å². The van der Waals surface area contributed by atoms with Crippen LogP contribution in [0.3, 0.4) is 0 Å². The van der Waals surface area contributed by atoms with E-state index in [1.165, 1.54) is 6.20 Å². The van der Waals surface area contributed by atoms with Crippen molar-refractivity contribution in [2.24, 2.45) is 0 Å². The van der Waals surface area contributed by atoms with E-state index in [2.05, 4.69) is 52.4 Å². The molecule has 20 nitrogen and oxygen atoms in total. The number of amides is 1. The van der Waals surface area contributed by atoms with Gasteiger partial charge >= 0.3 is 12.1 Å². The number of rotatable bonds is 24. The number of pyridine rings is 1. The van der Waals surface area contributed by atoms with Gasteiger partial charge in [-0.2, -0.15) is 4.98 Å². The van der Waals surface area contributed by atoms with E-state index in [1.54, 1.807) is 24.3 Å². The summed E-state index contributed by atoms with van der Waals surface area (Å²) in [4.78, 5) is 74.6. The maximum absolute atomic E-state index is 13.0. The molecule has 364 valence electrons. The van der Waals surface area contributed by atoms with Gasteiger partial charge in [0.1, 0.15) is 23.0 Å². The first-order valence-corrected chi connectivity index (χ1v) is 22.9. The molecule has 0 spiro atoms. The summed E-state index contributed by atoms with van der Waals surface area (Å²) in [5, 5.41) is 20.1. The first-order chi connectivity index (χ1) is 32.2. The zero-order valence-electron chi connectivity index (χ0n) is 39.9. The summed E-state index contributed by atoms with van der Waals surface area (Å²) < 4.78 is 19.7. The van der Waals surface area contributed by atoms with Crippen LogP contribution in [0.1, 0.15) is 109 Å². The summed E-state index contributed by atoms with van der Waals surface area (Å²) in [6.07, 6.45) is 5.19. The van der Waals surface area contributed by atoms with Gasteiger partial charge in [0.2, 0.25) is 5.95 Å². The van der Waals surface area contributed by atoms with Gasteiger partial charge in [0, 0.05) is 41.6 Å². The number of anilines is 3. The molecule has 1 atom stereocenters. The van der Waals surface area contributed by atoms with Crippen LogP contribution in [0.25, 0.3) is 33.1 Å². The normalized spacial score (nSPS) is 12.6. The minimum atomic E-state index is -1.13. The lowest BCUT2D eigenvalue weighted by atomic mass is 10.00. The Hall–Kier alpha value is -6.93. The van der Waals surface area contributed by atoms with E-state index < -0.39 is 40.8 Å². The molecule has 6 rings (SSSR count). The number of nitrogen functional groups attached to an aromatic ring is 2. The van der Waals surface area contributed by atoms with Crippen molar-refractivity contribution in [2.75, 3.05) is 36.5 Å². The number of aryl methyl sites for hydroxylation is 1. The number of nitrogens with two attached hydrogens (primary N) is 2.